The van der Waals surface area contributed by atoms with Gasteiger partial charge in [-0.3, -0.25) is 14.7 Å². The zero-order valence-corrected chi connectivity index (χ0v) is 17.8. The number of anilines is 1. The summed E-state index contributed by atoms with van der Waals surface area (Å²) in [5.74, 6) is 0.722. The summed E-state index contributed by atoms with van der Waals surface area (Å²) in [5, 5.41) is 3.79. The molecule has 3 unspecified atom stereocenters. The molecule has 0 spiro atoms. The number of carbonyl (C=O) groups is 1. The van der Waals surface area contributed by atoms with Gasteiger partial charge in [0.2, 0.25) is 0 Å². The molecule has 1 saturated carbocycles. The number of aryl methyl sites for hydroxylation is 1. The van der Waals surface area contributed by atoms with E-state index < -0.39 is 0 Å². The Morgan fingerprint density at radius 2 is 1.87 bits per heavy atom. The molecule has 5 rings (SSSR count). The molecule has 4 heteroatoms. The number of para-hydroxylation sites is 1. The Bertz CT molecular complexity index is 862. The minimum absolute atomic E-state index is 0.0471. The molecule has 3 aliphatic rings. The molecule has 4 nitrogen and oxygen atoms in total. The van der Waals surface area contributed by atoms with E-state index >= 15 is 0 Å². The van der Waals surface area contributed by atoms with Crippen molar-refractivity contribution in [2.45, 2.75) is 75.9 Å². The van der Waals surface area contributed by atoms with Gasteiger partial charge in [0, 0.05) is 36.1 Å². The van der Waals surface area contributed by atoms with Crippen LogP contribution in [0, 0.1) is 5.92 Å². The summed E-state index contributed by atoms with van der Waals surface area (Å²) >= 11 is 0. The molecule has 1 saturated heterocycles. The maximum absolute atomic E-state index is 14.0. The number of hydrogen-bond acceptors (Lipinski definition) is 4. The fourth-order valence-electron chi connectivity index (χ4n) is 5.97. The second-order valence-electron chi connectivity index (χ2n) is 9.31. The molecule has 2 fully saturated rings. The minimum atomic E-state index is -0.0471. The number of pyridine rings is 1. The van der Waals surface area contributed by atoms with Gasteiger partial charge in [0.1, 0.15) is 0 Å². The average molecular weight is 404 g/mol. The number of nitrogens with zero attached hydrogens (tertiary/aromatic N) is 2. The molecule has 0 radical (unpaired) electrons. The third-order valence-corrected chi connectivity index (χ3v) is 7.48. The highest BCUT2D eigenvalue weighted by atomic mass is 16.1. The van der Waals surface area contributed by atoms with E-state index in [0.717, 1.165) is 45.1 Å². The Balaban J connectivity index is 1.46. The van der Waals surface area contributed by atoms with E-state index in [0.29, 0.717) is 11.8 Å². The number of hydrogen-bond donors (Lipinski definition) is 1. The van der Waals surface area contributed by atoms with Gasteiger partial charge in [-0.2, -0.15) is 0 Å². The molecule has 2 aromatic rings. The fourth-order valence-corrected chi connectivity index (χ4v) is 5.97. The molecule has 30 heavy (non-hydrogen) atoms. The molecule has 1 aromatic heterocycles. The summed E-state index contributed by atoms with van der Waals surface area (Å²) in [4.78, 5) is 20.9. The molecule has 2 aliphatic heterocycles. The SMILES string of the molecule is O=C(C1CCCCC1)C(C1CCc2ccccc2N1)N1CCCC1c1cccnc1. The molecule has 3 atom stereocenters. The van der Waals surface area contributed by atoms with Crippen molar-refractivity contribution in [2.24, 2.45) is 5.92 Å². The number of ketones is 1. The highest BCUT2D eigenvalue weighted by molar-refractivity contribution is 5.88. The number of aromatic nitrogens is 1. The van der Waals surface area contributed by atoms with Gasteiger partial charge >= 0.3 is 0 Å². The van der Waals surface area contributed by atoms with Crippen molar-refractivity contribution in [1.29, 1.82) is 0 Å². The van der Waals surface area contributed by atoms with Crippen molar-refractivity contribution in [2.75, 3.05) is 11.9 Å². The van der Waals surface area contributed by atoms with Crippen LogP contribution in [0.25, 0.3) is 0 Å². The monoisotopic (exact) mass is 403 g/mol. The van der Waals surface area contributed by atoms with E-state index in [9.17, 15) is 4.79 Å². The van der Waals surface area contributed by atoms with Crippen LogP contribution in [-0.4, -0.2) is 34.3 Å². The van der Waals surface area contributed by atoms with Gasteiger partial charge < -0.3 is 5.32 Å². The maximum Gasteiger partial charge on any atom is 0.155 e. The van der Waals surface area contributed by atoms with Crippen molar-refractivity contribution in [3.05, 3.63) is 59.9 Å². The lowest BCUT2D eigenvalue weighted by Gasteiger charge is -2.42. The first kappa shape index (κ1) is 19.7. The van der Waals surface area contributed by atoms with Crippen LogP contribution in [-0.2, 0) is 11.2 Å². The van der Waals surface area contributed by atoms with Gasteiger partial charge in [-0.05, 0) is 68.3 Å². The van der Waals surface area contributed by atoms with Crippen LogP contribution in [0.3, 0.4) is 0 Å². The molecule has 0 bridgehead atoms. The van der Waals surface area contributed by atoms with E-state index in [1.54, 1.807) is 0 Å². The molecule has 158 valence electrons. The molecule has 1 N–H and O–H groups in total. The van der Waals surface area contributed by atoms with Crippen LogP contribution in [0.15, 0.2) is 48.8 Å². The first-order chi connectivity index (χ1) is 14.8. The van der Waals surface area contributed by atoms with E-state index in [2.05, 4.69) is 45.5 Å². The molecule has 1 aliphatic carbocycles. The van der Waals surface area contributed by atoms with Crippen molar-refractivity contribution < 1.29 is 4.79 Å². The zero-order chi connectivity index (χ0) is 20.3. The Kier molecular flexibility index (Phi) is 5.85. The van der Waals surface area contributed by atoms with E-state index in [1.165, 1.54) is 36.1 Å². The minimum Gasteiger partial charge on any atom is -0.380 e. The number of nitrogens with one attached hydrogen (secondary N) is 1. The lowest BCUT2D eigenvalue weighted by Crippen LogP contribution is -2.54. The van der Waals surface area contributed by atoms with E-state index in [1.807, 2.05) is 18.5 Å². The number of carbonyl (C=O) groups excluding carboxylic acids is 1. The predicted molar refractivity (Wildman–Crippen MR) is 120 cm³/mol. The van der Waals surface area contributed by atoms with Crippen LogP contribution in [0.4, 0.5) is 5.69 Å². The maximum atomic E-state index is 14.0. The van der Waals surface area contributed by atoms with Gasteiger partial charge in [-0.15, -0.1) is 0 Å². The summed E-state index contributed by atoms with van der Waals surface area (Å²) in [6, 6.07) is 13.2. The quantitative estimate of drug-likeness (QED) is 0.749. The predicted octanol–water partition coefficient (Wildman–Crippen LogP) is 5.16. The first-order valence-electron chi connectivity index (χ1n) is 11.8. The number of fused-ring (bicyclic) bond motifs is 1. The molecule has 3 heterocycles. The third-order valence-electron chi connectivity index (χ3n) is 7.48. The van der Waals surface area contributed by atoms with Crippen molar-refractivity contribution >= 4 is 11.5 Å². The first-order valence-corrected chi connectivity index (χ1v) is 11.8. The van der Waals surface area contributed by atoms with Crippen LogP contribution >= 0.6 is 0 Å². The van der Waals surface area contributed by atoms with Crippen LogP contribution in [0.2, 0.25) is 0 Å². The largest absolute Gasteiger partial charge is 0.380 e. The average Bonchev–Trinajstić information content (AvgIpc) is 3.29. The Morgan fingerprint density at radius 3 is 2.70 bits per heavy atom. The van der Waals surface area contributed by atoms with Gasteiger partial charge in [-0.25, -0.2) is 0 Å². The number of likely N-dealkylation sites (tertiary alicyclic amines) is 1. The topological polar surface area (TPSA) is 45.2 Å². The van der Waals surface area contributed by atoms with E-state index in [4.69, 9.17) is 0 Å². The van der Waals surface area contributed by atoms with Crippen molar-refractivity contribution in [3.8, 4) is 0 Å². The van der Waals surface area contributed by atoms with Gasteiger partial charge in [0.05, 0.1) is 6.04 Å². The van der Waals surface area contributed by atoms with Gasteiger partial charge in [0.25, 0.3) is 0 Å². The number of rotatable bonds is 5. The molecular weight excluding hydrogens is 370 g/mol. The number of Topliss-reactive ketones (excluding diaryl/α,β-unsaturated/α-hetero) is 1. The van der Waals surface area contributed by atoms with E-state index in [-0.39, 0.29) is 18.0 Å². The van der Waals surface area contributed by atoms with Gasteiger partial charge in [0.15, 0.2) is 5.78 Å². The zero-order valence-electron chi connectivity index (χ0n) is 17.8. The summed E-state index contributed by atoms with van der Waals surface area (Å²) in [6.07, 6.45) is 14.0. The second-order valence-corrected chi connectivity index (χ2v) is 9.31. The van der Waals surface area contributed by atoms with Crippen LogP contribution < -0.4 is 5.32 Å². The lowest BCUT2D eigenvalue weighted by molar-refractivity contribution is -0.130. The fraction of sp³-hybridized carbons (Fsp3) is 0.538. The molecule has 0 amide bonds. The summed E-state index contributed by atoms with van der Waals surface area (Å²) < 4.78 is 0. The van der Waals surface area contributed by atoms with Crippen LogP contribution in [0.1, 0.15) is 68.5 Å². The Morgan fingerprint density at radius 1 is 1.00 bits per heavy atom. The summed E-state index contributed by atoms with van der Waals surface area (Å²) in [5.41, 5.74) is 3.85. The highest BCUT2D eigenvalue weighted by Gasteiger charge is 2.43. The van der Waals surface area contributed by atoms with Crippen molar-refractivity contribution in [3.63, 3.8) is 0 Å². The third kappa shape index (κ3) is 3.90. The molecule has 1 aromatic carbocycles. The lowest BCUT2D eigenvalue weighted by atomic mass is 9.79. The second kappa shape index (κ2) is 8.89. The smallest absolute Gasteiger partial charge is 0.155 e. The Labute approximate surface area is 180 Å². The van der Waals surface area contributed by atoms with Crippen molar-refractivity contribution in [1.82, 2.24) is 9.88 Å². The molecular formula is C26H33N3O. The number of benzene rings is 1. The van der Waals surface area contributed by atoms with Crippen LogP contribution in [0.5, 0.6) is 0 Å². The standard InChI is InChI=1S/C26H33N3O/c30-26(20-9-2-1-3-10-20)25(23-15-14-19-8-4-5-12-22(19)28-23)29-17-7-13-24(29)21-11-6-16-27-18-21/h4-6,8,11-12,16,18,20,23-25,28H,1-3,7,9-10,13-15,17H2. The summed E-state index contributed by atoms with van der Waals surface area (Å²) in [7, 11) is 0. The highest BCUT2D eigenvalue weighted by Crippen LogP contribution is 2.39. The summed E-state index contributed by atoms with van der Waals surface area (Å²) in [6.45, 7) is 1.00. The van der Waals surface area contributed by atoms with Gasteiger partial charge in [-0.1, -0.05) is 43.5 Å². The Hall–Kier alpha value is -2.20. The normalized spacial score (nSPS) is 26.0.